The highest BCUT2D eigenvalue weighted by molar-refractivity contribution is 6.32. The highest BCUT2D eigenvalue weighted by atomic mass is 35.5. The van der Waals surface area contributed by atoms with Crippen LogP contribution in [0.25, 0.3) is 11.4 Å². The van der Waals surface area contributed by atoms with E-state index in [0.717, 1.165) is 5.56 Å². The van der Waals surface area contributed by atoms with Gasteiger partial charge in [-0.15, -0.1) is 0 Å². The molecule has 1 aromatic carbocycles. The van der Waals surface area contributed by atoms with Crippen LogP contribution in [0.4, 0.5) is 0 Å². The first-order valence-electron chi connectivity index (χ1n) is 7.17. The minimum atomic E-state index is -0.273. The average Bonchev–Trinajstić information content (AvgIpc) is 3.16. The second-order valence-electron chi connectivity index (χ2n) is 5.09. The number of halogens is 2. The molecule has 2 heterocycles. The molecule has 24 heavy (non-hydrogen) atoms. The van der Waals surface area contributed by atoms with Gasteiger partial charge in [0.15, 0.2) is 5.82 Å². The van der Waals surface area contributed by atoms with Gasteiger partial charge >= 0.3 is 0 Å². The van der Waals surface area contributed by atoms with Gasteiger partial charge in [-0.05, 0) is 24.3 Å². The quantitative estimate of drug-likeness (QED) is 0.727. The van der Waals surface area contributed by atoms with Gasteiger partial charge in [0, 0.05) is 30.6 Å². The number of benzene rings is 1. The molecule has 0 aliphatic heterocycles. The number of carbonyl (C=O) groups is 1. The van der Waals surface area contributed by atoms with Crippen molar-refractivity contribution in [3.8, 4) is 11.4 Å². The summed E-state index contributed by atoms with van der Waals surface area (Å²) >= 11 is 11.8. The summed E-state index contributed by atoms with van der Waals surface area (Å²) in [7, 11) is 1.67. The molecular weight excluding hydrogens is 351 g/mol. The number of amides is 1. The van der Waals surface area contributed by atoms with E-state index in [1.165, 1.54) is 10.9 Å². The van der Waals surface area contributed by atoms with Crippen molar-refractivity contribution in [1.82, 2.24) is 30.3 Å². The molecule has 0 aliphatic rings. The van der Waals surface area contributed by atoms with Crippen LogP contribution >= 0.6 is 23.2 Å². The second kappa shape index (κ2) is 7.02. The number of nitrogens with one attached hydrogen (secondary N) is 2. The molecule has 0 saturated heterocycles. The Balaban J connectivity index is 1.57. The first-order chi connectivity index (χ1) is 11.5. The summed E-state index contributed by atoms with van der Waals surface area (Å²) in [6.45, 7) is 0.402. The van der Waals surface area contributed by atoms with Crippen molar-refractivity contribution in [3.05, 3.63) is 52.0 Å². The van der Waals surface area contributed by atoms with Crippen molar-refractivity contribution < 1.29 is 4.79 Å². The minimum absolute atomic E-state index is 0.273. The maximum Gasteiger partial charge on any atom is 0.256 e. The van der Waals surface area contributed by atoms with Gasteiger partial charge in [0.1, 0.15) is 11.0 Å². The Kier molecular flexibility index (Phi) is 4.82. The molecule has 0 aliphatic carbocycles. The van der Waals surface area contributed by atoms with Gasteiger partial charge in [-0.2, -0.15) is 10.2 Å². The number of hydrogen-bond acceptors (Lipinski definition) is 4. The van der Waals surface area contributed by atoms with E-state index in [4.69, 9.17) is 23.2 Å². The van der Waals surface area contributed by atoms with Crippen LogP contribution in [-0.4, -0.2) is 37.4 Å². The maximum absolute atomic E-state index is 12.0. The first-order valence-corrected chi connectivity index (χ1v) is 7.93. The molecule has 0 radical (unpaired) electrons. The molecule has 2 N–H and O–H groups in total. The Hall–Kier alpha value is -2.38. The lowest BCUT2D eigenvalue weighted by Crippen LogP contribution is -2.26. The van der Waals surface area contributed by atoms with Crippen molar-refractivity contribution >= 4 is 29.1 Å². The number of H-pyrrole nitrogens is 1. The fourth-order valence-corrected chi connectivity index (χ4v) is 2.40. The average molecular weight is 365 g/mol. The third-order valence-electron chi connectivity index (χ3n) is 3.39. The number of aromatic amines is 1. The third kappa shape index (κ3) is 3.58. The van der Waals surface area contributed by atoms with Crippen LogP contribution in [-0.2, 0) is 13.5 Å². The molecule has 9 heteroatoms. The van der Waals surface area contributed by atoms with Crippen molar-refractivity contribution in [3.63, 3.8) is 0 Å². The summed E-state index contributed by atoms with van der Waals surface area (Å²) in [5.74, 6) is 0.992. The number of aromatic nitrogens is 5. The number of rotatable bonds is 5. The Morgan fingerprint density at radius 1 is 1.29 bits per heavy atom. The molecule has 2 aromatic heterocycles. The summed E-state index contributed by atoms with van der Waals surface area (Å²) in [5, 5.41) is 14.7. The Bertz CT molecular complexity index is 855. The van der Waals surface area contributed by atoms with Crippen LogP contribution in [0.3, 0.4) is 0 Å². The van der Waals surface area contributed by atoms with E-state index in [0.29, 0.717) is 40.4 Å². The van der Waals surface area contributed by atoms with E-state index >= 15 is 0 Å². The van der Waals surface area contributed by atoms with Gasteiger partial charge in [0.2, 0.25) is 0 Å². The topological polar surface area (TPSA) is 88.5 Å². The molecule has 0 atom stereocenters. The van der Waals surface area contributed by atoms with Crippen LogP contribution in [0.5, 0.6) is 0 Å². The SMILES string of the molecule is Cn1ncc(C(=O)NCCc2nc(-c3ccc(Cl)cc3)n[nH]2)c1Cl. The fourth-order valence-electron chi connectivity index (χ4n) is 2.10. The van der Waals surface area contributed by atoms with Crippen LogP contribution in [0.15, 0.2) is 30.5 Å². The molecular formula is C15H14Cl2N6O. The predicted molar refractivity (Wildman–Crippen MR) is 91.1 cm³/mol. The molecule has 3 aromatic rings. The Morgan fingerprint density at radius 3 is 2.71 bits per heavy atom. The normalized spacial score (nSPS) is 10.8. The zero-order chi connectivity index (χ0) is 17.1. The minimum Gasteiger partial charge on any atom is -0.351 e. The number of nitrogens with zero attached hydrogens (tertiary/aromatic N) is 4. The largest absolute Gasteiger partial charge is 0.351 e. The van der Waals surface area contributed by atoms with Gasteiger partial charge in [-0.3, -0.25) is 14.6 Å². The summed E-state index contributed by atoms with van der Waals surface area (Å²) in [5.41, 5.74) is 1.21. The van der Waals surface area contributed by atoms with E-state index in [-0.39, 0.29) is 5.91 Å². The maximum atomic E-state index is 12.0. The third-order valence-corrected chi connectivity index (χ3v) is 4.09. The lowest BCUT2D eigenvalue weighted by atomic mass is 10.2. The lowest BCUT2D eigenvalue weighted by molar-refractivity contribution is 0.0954. The van der Waals surface area contributed by atoms with Crippen molar-refractivity contribution in [2.45, 2.75) is 6.42 Å². The zero-order valence-electron chi connectivity index (χ0n) is 12.8. The zero-order valence-corrected chi connectivity index (χ0v) is 14.3. The van der Waals surface area contributed by atoms with Gasteiger partial charge in [-0.1, -0.05) is 23.2 Å². The molecule has 0 fully saturated rings. The standard InChI is InChI=1S/C15H14Cl2N6O/c1-23-13(17)11(8-19-23)15(24)18-7-6-12-20-14(22-21-12)9-2-4-10(16)5-3-9/h2-5,8H,6-7H2,1H3,(H,18,24)(H,20,21,22). The molecule has 3 rings (SSSR count). The lowest BCUT2D eigenvalue weighted by Gasteiger charge is -2.02. The monoisotopic (exact) mass is 364 g/mol. The molecule has 0 unspecified atom stereocenters. The smallest absolute Gasteiger partial charge is 0.256 e. The van der Waals surface area contributed by atoms with E-state index in [9.17, 15) is 4.79 Å². The summed E-state index contributed by atoms with van der Waals surface area (Å²) in [4.78, 5) is 16.4. The summed E-state index contributed by atoms with van der Waals surface area (Å²) in [6, 6.07) is 7.26. The van der Waals surface area contributed by atoms with Crippen LogP contribution in [0.1, 0.15) is 16.2 Å². The highest BCUT2D eigenvalue weighted by Gasteiger charge is 2.14. The van der Waals surface area contributed by atoms with Crippen LogP contribution < -0.4 is 5.32 Å². The van der Waals surface area contributed by atoms with Crippen molar-refractivity contribution in [1.29, 1.82) is 0 Å². The molecule has 0 spiro atoms. The summed E-state index contributed by atoms with van der Waals surface area (Å²) < 4.78 is 1.44. The van der Waals surface area contributed by atoms with E-state index in [1.807, 2.05) is 12.1 Å². The fraction of sp³-hybridized carbons (Fsp3) is 0.200. The van der Waals surface area contributed by atoms with E-state index < -0.39 is 0 Å². The second-order valence-corrected chi connectivity index (χ2v) is 5.89. The van der Waals surface area contributed by atoms with Gasteiger partial charge in [0.05, 0.1) is 11.8 Å². The highest BCUT2D eigenvalue weighted by Crippen LogP contribution is 2.18. The molecule has 1 amide bonds. The number of hydrogen-bond donors (Lipinski definition) is 2. The van der Waals surface area contributed by atoms with Gasteiger partial charge in [-0.25, -0.2) is 4.98 Å². The number of aryl methyl sites for hydroxylation is 1. The molecule has 124 valence electrons. The van der Waals surface area contributed by atoms with E-state index in [2.05, 4.69) is 25.6 Å². The Morgan fingerprint density at radius 2 is 2.04 bits per heavy atom. The predicted octanol–water partition coefficient (Wildman–Crippen LogP) is 2.48. The van der Waals surface area contributed by atoms with Crippen LogP contribution in [0, 0.1) is 0 Å². The van der Waals surface area contributed by atoms with Crippen LogP contribution in [0.2, 0.25) is 10.2 Å². The Labute approximate surface area is 148 Å². The molecule has 7 nitrogen and oxygen atoms in total. The van der Waals surface area contributed by atoms with Gasteiger partial charge < -0.3 is 5.32 Å². The van der Waals surface area contributed by atoms with Crippen molar-refractivity contribution in [2.24, 2.45) is 7.05 Å². The first kappa shape index (κ1) is 16.5. The summed E-state index contributed by atoms with van der Waals surface area (Å²) in [6.07, 6.45) is 1.95. The molecule has 0 bridgehead atoms. The van der Waals surface area contributed by atoms with E-state index in [1.54, 1.807) is 19.2 Å². The van der Waals surface area contributed by atoms with Crippen molar-refractivity contribution in [2.75, 3.05) is 6.54 Å². The van der Waals surface area contributed by atoms with Gasteiger partial charge in [0.25, 0.3) is 5.91 Å². The molecule has 0 saturated carbocycles. The number of carbonyl (C=O) groups excluding carboxylic acids is 1.